The summed E-state index contributed by atoms with van der Waals surface area (Å²) < 4.78 is 9.84. The molecule has 13 nitrogen and oxygen atoms in total. The number of carbonyl (C=O) groups excluding carboxylic acids is 1. The van der Waals surface area contributed by atoms with E-state index in [1.807, 2.05) is 18.2 Å². The van der Waals surface area contributed by atoms with E-state index in [0.717, 1.165) is 16.8 Å². The Bertz CT molecular complexity index is 1640. The Hall–Kier alpha value is -5.77. The smallest absolute Gasteiger partial charge is 0.330 e. The average Bonchev–Trinajstić information content (AvgIpc) is 3.43. The average molecular weight is 521 g/mol. The van der Waals surface area contributed by atoms with E-state index >= 15 is 0 Å². The first-order chi connectivity index (χ1) is 19.0. The van der Waals surface area contributed by atoms with Crippen molar-refractivity contribution in [3.05, 3.63) is 83.9 Å². The van der Waals surface area contributed by atoms with Crippen LogP contribution in [0.1, 0.15) is 27.6 Å². The summed E-state index contributed by atoms with van der Waals surface area (Å²) in [6.45, 7) is 2.09. The molecule has 0 unspecified atom stereocenters. The molecule has 13 heteroatoms. The molecule has 0 aromatic carbocycles. The fourth-order valence-corrected chi connectivity index (χ4v) is 3.48. The minimum atomic E-state index is -0.331. The zero-order valence-corrected chi connectivity index (χ0v) is 20.8. The lowest BCUT2D eigenvalue weighted by Gasteiger charge is -2.08. The second-order valence-electron chi connectivity index (χ2n) is 8.13. The first-order valence-corrected chi connectivity index (χ1v) is 11.6. The quantitative estimate of drug-likeness (QED) is 0.306. The number of amides is 1. The second kappa shape index (κ2) is 11.1. The molecular weight excluding hydrogens is 500 g/mol. The van der Waals surface area contributed by atoms with Crippen LogP contribution in [0.15, 0.2) is 65.6 Å². The van der Waals surface area contributed by atoms with Crippen LogP contribution >= 0.6 is 0 Å². The van der Waals surface area contributed by atoms with Crippen molar-refractivity contribution < 1.29 is 14.1 Å². The number of hydrogen-bond donors (Lipinski definition) is 2. The molecule has 0 saturated heterocycles. The van der Waals surface area contributed by atoms with E-state index in [-0.39, 0.29) is 30.0 Å². The van der Waals surface area contributed by atoms with Gasteiger partial charge >= 0.3 is 5.89 Å². The number of rotatable bonds is 8. The molecule has 0 aliphatic heterocycles. The maximum atomic E-state index is 12.7. The standard InChI is InChI=1S/C26H20N10O3/c1-15-9-21(34-26-35-23(10-27)39-36-26)33-24(32-15)18-4-7-20(29-14-18)25(37)31-12-16-3-6-19(28-11-16)17-5-8-22(38-2)30-13-17/h3-9,11,13-14H,12H2,1-2H3,(H,31,37)(H,32,33,34,36). The Morgan fingerprint density at radius 2 is 1.85 bits per heavy atom. The highest BCUT2D eigenvalue weighted by atomic mass is 16.5. The van der Waals surface area contributed by atoms with E-state index in [4.69, 9.17) is 14.5 Å². The summed E-state index contributed by atoms with van der Waals surface area (Å²) in [4.78, 5) is 38.3. The maximum Gasteiger partial charge on any atom is 0.330 e. The predicted molar refractivity (Wildman–Crippen MR) is 137 cm³/mol. The Morgan fingerprint density at radius 1 is 1.00 bits per heavy atom. The number of aryl methyl sites for hydroxylation is 1. The summed E-state index contributed by atoms with van der Waals surface area (Å²) in [7, 11) is 1.56. The van der Waals surface area contributed by atoms with Crippen molar-refractivity contribution in [2.75, 3.05) is 12.4 Å². The van der Waals surface area contributed by atoms with Crippen LogP contribution in [0.5, 0.6) is 5.88 Å². The summed E-state index contributed by atoms with van der Waals surface area (Å²) in [5.41, 5.74) is 3.99. The lowest BCUT2D eigenvalue weighted by atomic mass is 10.1. The molecule has 192 valence electrons. The van der Waals surface area contributed by atoms with Crippen LogP contribution in [0.25, 0.3) is 22.6 Å². The van der Waals surface area contributed by atoms with E-state index in [2.05, 4.69) is 45.7 Å². The topological polar surface area (TPSA) is 178 Å². The molecule has 0 bridgehead atoms. The monoisotopic (exact) mass is 520 g/mol. The number of nitrogens with zero attached hydrogens (tertiary/aromatic N) is 8. The van der Waals surface area contributed by atoms with Gasteiger partial charge < -0.3 is 19.9 Å². The molecule has 2 N–H and O–H groups in total. The fourth-order valence-electron chi connectivity index (χ4n) is 3.48. The highest BCUT2D eigenvalue weighted by Crippen LogP contribution is 2.20. The van der Waals surface area contributed by atoms with Gasteiger partial charge in [-0.25, -0.2) is 15.0 Å². The molecule has 5 rings (SSSR count). The van der Waals surface area contributed by atoms with E-state index < -0.39 is 0 Å². The van der Waals surface area contributed by atoms with Crippen molar-refractivity contribution >= 4 is 17.7 Å². The number of hydrogen-bond acceptors (Lipinski definition) is 12. The van der Waals surface area contributed by atoms with Gasteiger partial charge in [-0.2, -0.15) is 10.2 Å². The molecule has 5 heterocycles. The summed E-state index contributed by atoms with van der Waals surface area (Å²) in [6, 6.07) is 14.2. The van der Waals surface area contributed by atoms with Crippen molar-refractivity contribution in [3.63, 3.8) is 0 Å². The van der Waals surface area contributed by atoms with E-state index in [1.54, 1.807) is 56.8 Å². The first-order valence-electron chi connectivity index (χ1n) is 11.6. The van der Waals surface area contributed by atoms with Gasteiger partial charge in [-0.15, -0.1) is 0 Å². The number of methoxy groups -OCH3 is 1. The van der Waals surface area contributed by atoms with Crippen LogP contribution in [0.3, 0.4) is 0 Å². The molecular formula is C26H20N10O3. The maximum absolute atomic E-state index is 12.7. The van der Waals surface area contributed by atoms with Crippen molar-refractivity contribution in [1.82, 2.24) is 40.4 Å². The van der Waals surface area contributed by atoms with Crippen LogP contribution in [-0.2, 0) is 6.54 Å². The Balaban J connectivity index is 1.21. The van der Waals surface area contributed by atoms with Gasteiger partial charge in [-0.1, -0.05) is 6.07 Å². The lowest BCUT2D eigenvalue weighted by molar-refractivity contribution is 0.0946. The van der Waals surface area contributed by atoms with Crippen LogP contribution in [0.4, 0.5) is 11.8 Å². The molecule has 0 atom stereocenters. The normalized spacial score (nSPS) is 10.5. The highest BCUT2D eigenvalue weighted by molar-refractivity contribution is 5.92. The summed E-state index contributed by atoms with van der Waals surface area (Å²) >= 11 is 0. The SMILES string of the molecule is COc1ccc(-c2ccc(CNC(=O)c3ccc(-c4nc(C)cc(Nc5noc(C#N)n5)n4)cn3)cn2)cn1. The van der Waals surface area contributed by atoms with Crippen LogP contribution in [0.2, 0.25) is 0 Å². The molecule has 5 aromatic rings. The third-order valence-corrected chi connectivity index (χ3v) is 5.39. The van der Waals surface area contributed by atoms with Crippen LogP contribution in [0, 0.1) is 18.3 Å². The van der Waals surface area contributed by atoms with Crippen LogP contribution in [-0.4, -0.2) is 48.1 Å². The number of aromatic nitrogens is 7. The largest absolute Gasteiger partial charge is 0.481 e. The zero-order valence-electron chi connectivity index (χ0n) is 20.8. The Morgan fingerprint density at radius 3 is 2.51 bits per heavy atom. The molecule has 0 spiro atoms. The molecule has 1 amide bonds. The third-order valence-electron chi connectivity index (χ3n) is 5.39. The fraction of sp³-hybridized carbons (Fsp3) is 0.115. The summed E-state index contributed by atoms with van der Waals surface area (Å²) in [5, 5.41) is 18.2. The highest BCUT2D eigenvalue weighted by Gasteiger charge is 2.12. The summed E-state index contributed by atoms with van der Waals surface area (Å²) in [6.07, 6.45) is 4.91. The van der Waals surface area contributed by atoms with Crippen molar-refractivity contribution in [3.8, 4) is 34.6 Å². The van der Waals surface area contributed by atoms with Gasteiger partial charge in [0.2, 0.25) is 5.88 Å². The van der Waals surface area contributed by atoms with Crippen molar-refractivity contribution in [2.24, 2.45) is 0 Å². The van der Waals surface area contributed by atoms with Gasteiger partial charge in [-0.05, 0) is 41.9 Å². The van der Waals surface area contributed by atoms with Crippen molar-refractivity contribution in [2.45, 2.75) is 13.5 Å². The zero-order chi connectivity index (χ0) is 27.2. The number of pyridine rings is 3. The van der Waals surface area contributed by atoms with Gasteiger partial charge in [0.25, 0.3) is 11.9 Å². The first kappa shape index (κ1) is 24.9. The van der Waals surface area contributed by atoms with Gasteiger partial charge in [0.15, 0.2) is 11.9 Å². The van der Waals surface area contributed by atoms with E-state index in [1.165, 1.54) is 6.20 Å². The van der Waals surface area contributed by atoms with Crippen molar-refractivity contribution in [1.29, 1.82) is 5.26 Å². The number of anilines is 2. The molecule has 0 saturated carbocycles. The Labute approximate surface area is 222 Å². The van der Waals surface area contributed by atoms with Gasteiger partial charge in [0.05, 0.1) is 12.8 Å². The minimum absolute atomic E-state index is 0.100. The van der Waals surface area contributed by atoms with Gasteiger partial charge in [-0.3, -0.25) is 14.8 Å². The third kappa shape index (κ3) is 5.97. The molecule has 39 heavy (non-hydrogen) atoms. The molecule has 0 aliphatic carbocycles. The van der Waals surface area contributed by atoms with Crippen LogP contribution < -0.4 is 15.4 Å². The van der Waals surface area contributed by atoms with Gasteiger partial charge in [0, 0.05) is 54.1 Å². The molecule has 0 fully saturated rings. The minimum Gasteiger partial charge on any atom is -0.481 e. The van der Waals surface area contributed by atoms with Gasteiger partial charge in [0.1, 0.15) is 11.5 Å². The second-order valence-corrected chi connectivity index (χ2v) is 8.13. The number of nitrogens with one attached hydrogen (secondary N) is 2. The van der Waals surface area contributed by atoms with E-state index in [9.17, 15) is 4.79 Å². The number of carbonyl (C=O) groups is 1. The number of ether oxygens (including phenoxy) is 1. The Kier molecular flexibility index (Phi) is 7.08. The molecule has 0 aliphatic rings. The number of nitriles is 1. The predicted octanol–water partition coefficient (Wildman–Crippen LogP) is 3.24. The molecule has 0 radical (unpaired) electrons. The molecule has 5 aromatic heterocycles. The summed E-state index contributed by atoms with van der Waals surface area (Å²) in [5.74, 6) is 0.933. The lowest BCUT2D eigenvalue weighted by Crippen LogP contribution is -2.23. The van der Waals surface area contributed by atoms with E-state index in [0.29, 0.717) is 28.8 Å².